The van der Waals surface area contributed by atoms with E-state index >= 15 is 0 Å². The maximum absolute atomic E-state index is 13.2. The zero-order valence-electron chi connectivity index (χ0n) is 10.2. The van der Waals surface area contributed by atoms with Gasteiger partial charge in [0.2, 0.25) is 0 Å². The average molecular weight is 317 g/mol. The molecule has 0 bridgehead atoms. The quantitative estimate of drug-likeness (QED) is 0.663. The number of nitrogens with two attached hydrogens (primary N) is 1. The molecule has 3 N–H and O–H groups in total. The maximum atomic E-state index is 13.2. The molecule has 1 fully saturated rings. The van der Waals surface area contributed by atoms with Crippen LogP contribution < -0.4 is 11.3 Å². The van der Waals surface area contributed by atoms with E-state index in [4.69, 9.17) is 10.6 Å². The number of hydrogen-bond donors (Lipinski definition) is 2. The van der Waals surface area contributed by atoms with Crippen LogP contribution in [0.2, 0.25) is 0 Å². The Labute approximate surface area is 115 Å². The van der Waals surface area contributed by atoms with Crippen LogP contribution in [0.3, 0.4) is 0 Å². The van der Waals surface area contributed by atoms with Crippen LogP contribution in [0.5, 0.6) is 0 Å². The smallest absolute Gasteiger partial charge is 0.137 e. The van der Waals surface area contributed by atoms with Gasteiger partial charge in [0.15, 0.2) is 0 Å². The minimum absolute atomic E-state index is 0.0602. The summed E-state index contributed by atoms with van der Waals surface area (Å²) in [5, 5.41) is 0. The van der Waals surface area contributed by atoms with Gasteiger partial charge in [0.05, 0.1) is 4.47 Å². The SMILES string of the molecule is NNC(CC1CCOCC1)c1ccc(F)c(Br)c1. The first-order valence-electron chi connectivity index (χ1n) is 6.19. The van der Waals surface area contributed by atoms with Crippen molar-refractivity contribution in [3.8, 4) is 0 Å². The van der Waals surface area contributed by atoms with Crippen molar-refractivity contribution in [1.29, 1.82) is 0 Å². The van der Waals surface area contributed by atoms with E-state index in [0.717, 1.165) is 38.0 Å². The molecule has 0 amide bonds. The van der Waals surface area contributed by atoms with Gasteiger partial charge in [-0.3, -0.25) is 11.3 Å². The van der Waals surface area contributed by atoms with Crippen LogP contribution in [-0.2, 0) is 4.74 Å². The largest absolute Gasteiger partial charge is 0.381 e. The van der Waals surface area contributed by atoms with Crippen molar-refractivity contribution in [2.24, 2.45) is 11.8 Å². The van der Waals surface area contributed by atoms with Gasteiger partial charge < -0.3 is 4.74 Å². The Balaban J connectivity index is 2.04. The summed E-state index contributed by atoms with van der Waals surface area (Å²) in [4.78, 5) is 0. The molecule has 1 aliphatic rings. The normalized spacial score (nSPS) is 18.8. The highest BCUT2D eigenvalue weighted by Gasteiger charge is 2.20. The number of hydrazine groups is 1. The minimum atomic E-state index is -0.249. The molecule has 5 heteroatoms. The highest BCUT2D eigenvalue weighted by atomic mass is 79.9. The number of nitrogens with one attached hydrogen (secondary N) is 1. The standard InChI is InChI=1S/C13H18BrFN2O/c14-11-8-10(1-2-12(11)15)13(17-16)7-9-3-5-18-6-4-9/h1-2,8-9,13,17H,3-7,16H2. The molecular formula is C13H18BrFN2O. The van der Waals surface area contributed by atoms with Crippen LogP contribution in [-0.4, -0.2) is 13.2 Å². The Morgan fingerprint density at radius 3 is 2.78 bits per heavy atom. The van der Waals surface area contributed by atoms with Crippen LogP contribution in [0.4, 0.5) is 4.39 Å². The van der Waals surface area contributed by atoms with Crippen molar-refractivity contribution in [2.75, 3.05) is 13.2 Å². The van der Waals surface area contributed by atoms with Crippen molar-refractivity contribution >= 4 is 15.9 Å². The van der Waals surface area contributed by atoms with E-state index in [1.54, 1.807) is 12.1 Å². The van der Waals surface area contributed by atoms with Gasteiger partial charge in [0.1, 0.15) is 5.82 Å². The second-order valence-corrected chi connectivity index (χ2v) is 5.54. The van der Waals surface area contributed by atoms with Crippen LogP contribution in [0.25, 0.3) is 0 Å². The predicted octanol–water partition coefficient (Wildman–Crippen LogP) is 2.91. The first-order valence-corrected chi connectivity index (χ1v) is 6.99. The molecule has 3 nitrogen and oxygen atoms in total. The van der Waals surface area contributed by atoms with Crippen molar-refractivity contribution < 1.29 is 9.13 Å². The van der Waals surface area contributed by atoms with Gasteiger partial charge in [-0.15, -0.1) is 0 Å². The molecule has 1 aliphatic heterocycles. The second-order valence-electron chi connectivity index (χ2n) is 4.68. The molecule has 1 unspecified atom stereocenters. The molecule has 1 saturated heterocycles. The monoisotopic (exact) mass is 316 g/mol. The zero-order chi connectivity index (χ0) is 13.0. The fraction of sp³-hybridized carbons (Fsp3) is 0.538. The van der Waals surface area contributed by atoms with Gasteiger partial charge in [-0.25, -0.2) is 4.39 Å². The van der Waals surface area contributed by atoms with Crippen LogP contribution in [0.15, 0.2) is 22.7 Å². The Hall–Kier alpha value is -0.490. The van der Waals surface area contributed by atoms with Gasteiger partial charge >= 0.3 is 0 Å². The molecule has 1 aromatic carbocycles. The van der Waals surface area contributed by atoms with Crippen molar-refractivity contribution in [3.05, 3.63) is 34.1 Å². The summed E-state index contributed by atoms with van der Waals surface area (Å²) >= 11 is 3.21. The molecule has 2 rings (SSSR count). The van der Waals surface area contributed by atoms with E-state index in [-0.39, 0.29) is 11.9 Å². The molecule has 18 heavy (non-hydrogen) atoms. The molecule has 100 valence electrons. The third kappa shape index (κ3) is 3.51. The summed E-state index contributed by atoms with van der Waals surface area (Å²) < 4.78 is 19.0. The summed E-state index contributed by atoms with van der Waals surface area (Å²) in [7, 11) is 0. The lowest BCUT2D eigenvalue weighted by molar-refractivity contribution is 0.0605. The third-order valence-electron chi connectivity index (χ3n) is 3.46. The number of halogens is 2. The highest BCUT2D eigenvalue weighted by Crippen LogP contribution is 2.29. The summed E-state index contributed by atoms with van der Waals surface area (Å²) in [5.41, 5.74) is 3.84. The van der Waals surface area contributed by atoms with Gasteiger partial charge in [-0.05, 0) is 58.8 Å². The number of ether oxygens (including phenoxy) is 1. The Bertz CT molecular complexity index is 397. The molecule has 1 aromatic rings. The summed E-state index contributed by atoms with van der Waals surface area (Å²) in [6.07, 6.45) is 3.10. The second kappa shape index (κ2) is 6.61. The van der Waals surface area contributed by atoms with E-state index in [0.29, 0.717) is 10.4 Å². The fourth-order valence-electron chi connectivity index (χ4n) is 2.34. The van der Waals surface area contributed by atoms with Crippen molar-refractivity contribution in [1.82, 2.24) is 5.43 Å². The Morgan fingerprint density at radius 2 is 2.17 bits per heavy atom. The van der Waals surface area contributed by atoms with Crippen molar-refractivity contribution in [3.63, 3.8) is 0 Å². The lowest BCUT2D eigenvalue weighted by Gasteiger charge is -2.26. The first kappa shape index (κ1) is 13.9. The van der Waals surface area contributed by atoms with Crippen LogP contribution in [0.1, 0.15) is 30.9 Å². The van der Waals surface area contributed by atoms with Gasteiger partial charge in [0, 0.05) is 19.3 Å². The summed E-state index contributed by atoms with van der Waals surface area (Å²) in [6, 6.07) is 5.10. The molecule has 0 saturated carbocycles. The first-order chi connectivity index (χ1) is 8.70. The van der Waals surface area contributed by atoms with Gasteiger partial charge in [-0.1, -0.05) is 6.07 Å². The van der Waals surface area contributed by atoms with Gasteiger partial charge in [0.25, 0.3) is 0 Å². The highest BCUT2D eigenvalue weighted by molar-refractivity contribution is 9.10. The van der Waals surface area contributed by atoms with E-state index in [1.165, 1.54) is 6.07 Å². The van der Waals surface area contributed by atoms with E-state index < -0.39 is 0 Å². The lowest BCUT2D eigenvalue weighted by Crippen LogP contribution is -2.31. The van der Waals surface area contributed by atoms with Gasteiger partial charge in [-0.2, -0.15) is 0 Å². The summed E-state index contributed by atoms with van der Waals surface area (Å²) in [6.45, 7) is 1.66. The topological polar surface area (TPSA) is 47.3 Å². The maximum Gasteiger partial charge on any atom is 0.137 e. The number of hydrogen-bond acceptors (Lipinski definition) is 3. The third-order valence-corrected chi connectivity index (χ3v) is 4.06. The molecule has 1 heterocycles. The van der Waals surface area contributed by atoms with Crippen LogP contribution >= 0.6 is 15.9 Å². The Morgan fingerprint density at radius 1 is 1.44 bits per heavy atom. The van der Waals surface area contributed by atoms with E-state index in [9.17, 15) is 4.39 Å². The predicted molar refractivity (Wildman–Crippen MR) is 72.3 cm³/mol. The molecule has 0 radical (unpaired) electrons. The lowest BCUT2D eigenvalue weighted by atomic mass is 9.90. The molecular weight excluding hydrogens is 299 g/mol. The fourth-order valence-corrected chi connectivity index (χ4v) is 2.74. The molecule has 0 aromatic heterocycles. The van der Waals surface area contributed by atoms with Crippen molar-refractivity contribution in [2.45, 2.75) is 25.3 Å². The van der Waals surface area contributed by atoms with E-state index in [2.05, 4.69) is 21.4 Å². The van der Waals surface area contributed by atoms with Crippen LogP contribution in [0, 0.1) is 11.7 Å². The molecule has 0 aliphatic carbocycles. The minimum Gasteiger partial charge on any atom is -0.381 e. The molecule has 1 atom stereocenters. The average Bonchev–Trinajstić information content (AvgIpc) is 2.40. The van der Waals surface area contributed by atoms with E-state index in [1.807, 2.05) is 0 Å². The summed E-state index contributed by atoms with van der Waals surface area (Å²) in [5.74, 6) is 5.98. The zero-order valence-corrected chi connectivity index (χ0v) is 11.7. The Kier molecular flexibility index (Phi) is 5.12. The molecule has 0 spiro atoms. The number of benzene rings is 1. The number of rotatable bonds is 4.